The minimum Gasteiger partial charge on any atom is -0.493 e. The number of fused-ring (bicyclic) bond motifs is 9. The number of aromatic amines is 1. The lowest BCUT2D eigenvalue weighted by atomic mass is 9.68. The van der Waals surface area contributed by atoms with Gasteiger partial charge in [0.15, 0.2) is 11.5 Å². The van der Waals surface area contributed by atoms with Crippen molar-refractivity contribution in [1.29, 1.82) is 0 Å². The van der Waals surface area contributed by atoms with E-state index in [2.05, 4.69) is 4.98 Å². The molecule has 3 heterocycles. The van der Waals surface area contributed by atoms with Crippen molar-refractivity contribution < 1.29 is 19.1 Å². The number of thioether (sulfide) groups is 1. The van der Waals surface area contributed by atoms with Gasteiger partial charge in [0, 0.05) is 16.0 Å². The number of hydrogen-bond donors (Lipinski definition) is 1. The van der Waals surface area contributed by atoms with Crippen LogP contribution >= 0.6 is 23.1 Å². The molecule has 7 unspecified atom stereocenters. The average molecular weight is 521 g/mol. The lowest BCUT2D eigenvalue weighted by Gasteiger charge is -2.43. The summed E-state index contributed by atoms with van der Waals surface area (Å²) in [6.45, 7) is 0. The summed E-state index contributed by atoms with van der Waals surface area (Å²) in [5.41, 5.74) is 1.69. The molecule has 7 nitrogen and oxygen atoms in total. The quantitative estimate of drug-likeness (QED) is 0.521. The normalized spacial score (nSPS) is 31.8. The number of ether oxygens (including phenoxy) is 2. The molecular formula is C27H24N2O5S2. The molecule has 0 spiro atoms. The third-order valence-electron chi connectivity index (χ3n) is 8.51. The minimum atomic E-state index is -0.315. The van der Waals surface area contributed by atoms with E-state index in [-0.39, 0.29) is 57.4 Å². The molecule has 1 N–H and O–H groups in total. The number of amides is 2. The van der Waals surface area contributed by atoms with Crippen molar-refractivity contribution in [1.82, 2.24) is 4.98 Å². The SMILES string of the molecule is COc1ccc(C2c3sc(=O)[nH]c3SC3C4CC(C5C(=O)N(c6ccccc6)C(=O)C45)C23)cc1OC. The lowest BCUT2D eigenvalue weighted by Crippen LogP contribution is -2.42. The predicted molar refractivity (Wildman–Crippen MR) is 137 cm³/mol. The smallest absolute Gasteiger partial charge is 0.305 e. The van der Waals surface area contributed by atoms with Gasteiger partial charge in [0.25, 0.3) is 0 Å². The van der Waals surface area contributed by atoms with Crippen LogP contribution in [0.25, 0.3) is 0 Å². The second-order valence-corrected chi connectivity index (χ2v) is 12.1. The van der Waals surface area contributed by atoms with E-state index in [0.29, 0.717) is 17.2 Å². The lowest BCUT2D eigenvalue weighted by molar-refractivity contribution is -0.123. The Kier molecular flexibility index (Phi) is 4.92. The Morgan fingerprint density at radius 2 is 1.64 bits per heavy atom. The van der Waals surface area contributed by atoms with Gasteiger partial charge in [-0.05, 0) is 54.0 Å². The number of rotatable bonds is 4. The zero-order valence-electron chi connectivity index (χ0n) is 19.7. The van der Waals surface area contributed by atoms with Gasteiger partial charge >= 0.3 is 4.87 Å². The number of benzene rings is 2. The highest BCUT2D eigenvalue weighted by Crippen LogP contribution is 2.68. The third kappa shape index (κ3) is 2.90. The molecule has 2 amide bonds. The van der Waals surface area contributed by atoms with E-state index in [0.717, 1.165) is 21.9 Å². The summed E-state index contributed by atoms with van der Waals surface area (Å²) in [6, 6.07) is 15.2. The molecule has 2 saturated carbocycles. The standard InChI is InChI=1S/C27H24N2O5S2/c1-33-16-9-8-12(10-17(16)34-2)18-19-14-11-15(22(19)35-24-23(18)36-27(32)28-24)21-20(14)25(30)29(26(21)31)13-6-4-3-5-7-13/h3-10,14-15,18-22H,11H2,1-2H3,(H,28,32). The fourth-order valence-electron chi connectivity index (χ4n) is 7.27. The Morgan fingerprint density at radius 1 is 0.917 bits per heavy atom. The number of carbonyl (C=O) groups excluding carboxylic acids is 2. The number of methoxy groups -OCH3 is 2. The molecule has 3 fully saturated rings. The van der Waals surface area contributed by atoms with Crippen LogP contribution in [0.2, 0.25) is 0 Å². The maximum absolute atomic E-state index is 13.7. The molecule has 7 atom stereocenters. The molecule has 2 aliphatic carbocycles. The molecule has 0 radical (unpaired) electrons. The van der Waals surface area contributed by atoms with Gasteiger partial charge in [0.05, 0.1) is 36.8 Å². The van der Waals surface area contributed by atoms with Crippen LogP contribution in [-0.4, -0.2) is 36.3 Å². The maximum Gasteiger partial charge on any atom is 0.305 e. The summed E-state index contributed by atoms with van der Waals surface area (Å²) in [5, 5.41) is 1.05. The van der Waals surface area contributed by atoms with Crippen molar-refractivity contribution in [3.63, 3.8) is 0 Å². The van der Waals surface area contributed by atoms with Gasteiger partial charge in [-0.3, -0.25) is 19.3 Å². The Balaban J connectivity index is 1.34. The third-order valence-corrected chi connectivity index (χ3v) is 11.1. The van der Waals surface area contributed by atoms with Crippen molar-refractivity contribution in [2.45, 2.75) is 22.6 Å². The van der Waals surface area contributed by atoms with E-state index in [9.17, 15) is 14.4 Å². The molecular weight excluding hydrogens is 496 g/mol. The first-order chi connectivity index (χ1) is 17.5. The van der Waals surface area contributed by atoms with Crippen LogP contribution < -0.4 is 19.2 Å². The van der Waals surface area contributed by atoms with Crippen LogP contribution in [0.5, 0.6) is 11.5 Å². The van der Waals surface area contributed by atoms with Crippen molar-refractivity contribution in [3.8, 4) is 11.5 Å². The number of hydrogen-bond acceptors (Lipinski definition) is 7. The molecule has 1 saturated heterocycles. The molecule has 4 aliphatic rings. The number of aromatic nitrogens is 1. The van der Waals surface area contributed by atoms with Crippen LogP contribution in [0, 0.1) is 29.6 Å². The Morgan fingerprint density at radius 3 is 2.36 bits per heavy atom. The van der Waals surface area contributed by atoms with Gasteiger partial charge in [-0.15, -0.1) is 11.8 Å². The number of nitrogens with one attached hydrogen (secondary N) is 1. The van der Waals surface area contributed by atoms with Gasteiger partial charge in [0.2, 0.25) is 11.8 Å². The zero-order chi connectivity index (χ0) is 24.7. The molecule has 1 aromatic heterocycles. The summed E-state index contributed by atoms with van der Waals surface area (Å²) in [7, 11) is 3.22. The molecule has 2 bridgehead atoms. The number of carbonyl (C=O) groups is 2. The number of thiazole rings is 1. The Labute approximate surface area is 215 Å². The fourth-order valence-corrected chi connectivity index (χ4v) is 10.2. The molecule has 184 valence electrons. The van der Waals surface area contributed by atoms with Gasteiger partial charge in [-0.2, -0.15) is 0 Å². The number of para-hydroxylation sites is 1. The number of anilines is 1. The first-order valence-electron chi connectivity index (χ1n) is 12.1. The molecule has 2 aromatic carbocycles. The minimum absolute atomic E-state index is 0.0559. The van der Waals surface area contributed by atoms with Crippen LogP contribution in [-0.2, 0) is 9.59 Å². The predicted octanol–water partition coefficient (Wildman–Crippen LogP) is 4.13. The van der Waals surface area contributed by atoms with Crippen LogP contribution in [0.15, 0.2) is 58.4 Å². The monoisotopic (exact) mass is 520 g/mol. The first kappa shape index (κ1) is 22.2. The van der Waals surface area contributed by atoms with E-state index in [1.807, 2.05) is 48.5 Å². The van der Waals surface area contributed by atoms with Crippen LogP contribution in [0.1, 0.15) is 22.8 Å². The van der Waals surface area contributed by atoms with Crippen molar-refractivity contribution >= 4 is 40.6 Å². The number of nitrogens with zero attached hydrogens (tertiary/aromatic N) is 1. The highest BCUT2D eigenvalue weighted by Gasteiger charge is 2.69. The zero-order valence-corrected chi connectivity index (χ0v) is 21.3. The molecule has 3 aromatic rings. The van der Waals surface area contributed by atoms with E-state index < -0.39 is 0 Å². The van der Waals surface area contributed by atoms with E-state index in [1.54, 1.807) is 26.0 Å². The summed E-state index contributed by atoms with van der Waals surface area (Å²) in [5.74, 6) is 0.780. The fraction of sp³-hybridized carbons (Fsp3) is 0.370. The number of imide groups is 1. The second-order valence-electron chi connectivity index (χ2n) is 9.92. The highest BCUT2D eigenvalue weighted by molar-refractivity contribution is 8.00. The number of H-pyrrole nitrogens is 1. The molecule has 9 heteroatoms. The largest absolute Gasteiger partial charge is 0.493 e. The Hall–Kier alpha value is -3.04. The van der Waals surface area contributed by atoms with Gasteiger partial charge in [-0.1, -0.05) is 35.6 Å². The van der Waals surface area contributed by atoms with E-state index >= 15 is 0 Å². The van der Waals surface area contributed by atoms with Gasteiger partial charge in [0.1, 0.15) is 0 Å². The summed E-state index contributed by atoms with van der Waals surface area (Å²) in [4.78, 5) is 45.2. The van der Waals surface area contributed by atoms with E-state index in [4.69, 9.17) is 9.47 Å². The van der Waals surface area contributed by atoms with Crippen molar-refractivity contribution in [2.24, 2.45) is 29.6 Å². The van der Waals surface area contributed by atoms with Crippen molar-refractivity contribution in [2.75, 3.05) is 19.1 Å². The van der Waals surface area contributed by atoms with Crippen LogP contribution in [0.4, 0.5) is 5.69 Å². The van der Waals surface area contributed by atoms with E-state index in [1.165, 1.54) is 16.2 Å². The average Bonchev–Trinajstić information content (AvgIpc) is 3.62. The van der Waals surface area contributed by atoms with Crippen molar-refractivity contribution in [3.05, 3.63) is 68.6 Å². The summed E-state index contributed by atoms with van der Waals surface area (Å²) in [6.07, 6.45) is 0.862. The first-order valence-corrected chi connectivity index (χ1v) is 13.8. The van der Waals surface area contributed by atoms with Gasteiger partial charge in [-0.25, -0.2) is 0 Å². The van der Waals surface area contributed by atoms with Gasteiger partial charge < -0.3 is 14.5 Å². The van der Waals surface area contributed by atoms with Crippen LogP contribution in [0.3, 0.4) is 0 Å². The molecule has 2 aliphatic heterocycles. The maximum atomic E-state index is 13.7. The topological polar surface area (TPSA) is 88.7 Å². The summed E-state index contributed by atoms with van der Waals surface area (Å²) >= 11 is 2.94. The summed E-state index contributed by atoms with van der Waals surface area (Å²) < 4.78 is 11.1. The second kappa shape index (κ2) is 7.98. The molecule has 36 heavy (non-hydrogen) atoms. The highest BCUT2D eigenvalue weighted by atomic mass is 32.2. The molecule has 7 rings (SSSR count). The Bertz CT molecular complexity index is 1450.